The van der Waals surface area contributed by atoms with Gasteiger partial charge >= 0.3 is 6.61 Å². The number of aliphatic imine (C=N–C) groups is 1. The number of para-hydroxylation sites is 1. The first kappa shape index (κ1) is 21.2. The molecule has 0 aliphatic heterocycles. The molecule has 27 heavy (non-hydrogen) atoms. The highest BCUT2D eigenvalue weighted by molar-refractivity contribution is 5.79. The van der Waals surface area contributed by atoms with Crippen molar-refractivity contribution in [3.05, 3.63) is 23.8 Å². The van der Waals surface area contributed by atoms with Crippen LogP contribution in [0.5, 0.6) is 11.5 Å². The van der Waals surface area contributed by atoms with Crippen molar-refractivity contribution in [1.82, 2.24) is 10.6 Å². The highest BCUT2D eigenvalue weighted by atomic mass is 19.3. The Morgan fingerprint density at radius 2 is 2.11 bits per heavy atom. The number of rotatable bonds is 12. The maximum Gasteiger partial charge on any atom is 0.387 e. The van der Waals surface area contributed by atoms with Crippen molar-refractivity contribution in [3.63, 3.8) is 0 Å². The van der Waals surface area contributed by atoms with Crippen LogP contribution in [0.1, 0.15) is 31.7 Å². The largest absolute Gasteiger partial charge is 0.490 e. The zero-order chi connectivity index (χ0) is 19.5. The SMILES string of the molecule is CCOc1cccc(CNC(=NC)NCCCOCC2CC2)c1OC(F)F. The molecule has 0 aromatic heterocycles. The lowest BCUT2D eigenvalue weighted by Gasteiger charge is -2.17. The zero-order valence-corrected chi connectivity index (χ0v) is 16.0. The molecule has 6 nitrogen and oxygen atoms in total. The maximum absolute atomic E-state index is 12.8. The van der Waals surface area contributed by atoms with Gasteiger partial charge in [-0.1, -0.05) is 12.1 Å². The van der Waals surface area contributed by atoms with Crippen molar-refractivity contribution in [2.24, 2.45) is 10.9 Å². The van der Waals surface area contributed by atoms with Gasteiger partial charge in [0.25, 0.3) is 0 Å². The van der Waals surface area contributed by atoms with E-state index in [1.165, 1.54) is 12.8 Å². The topological polar surface area (TPSA) is 64.1 Å². The van der Waals surface area contributed by atoms with E-state index in [0.29, 0.717) is 37.0 Å². The fourth-order valence-corrected chi connectivity index (χ4v) is 2.51. The molecule has 0 atom stereocenters. The highest BCUT2D eigenvalue weighted by Gasteiger charge is 2.20. The minimum absolute atomic E-state index is 0.0470. The molecule has 152 valence electrons. The Balaban J connectivity index is 1.80. The van der Waals surface area contributed by atoms with E-state index in [4.69, 9.17) is 9.47 Å². The van der Waals surface area contributed by atoms with E-state index >= 15 is 0 Å². The molecule has 8 heteroatoms. The van der Waals surface area contributed by atoms with Gasteiger partial charge in [0.1, 0.15) is 0 Å². The van der Waals surface area contributed by atoms with Crippen LogP contribution in [0.15, 0.2) is 23.2 Å². The molecule has 0 radical (unpaired) electrons. The average molecular weight is 385 g/mol. The monoisotopic (exact) mass is 385 g/mol. The van der Waals surface area contributed by atoms with Gasteiger partial charge in [-0.2, -0.15) is 8.78 Å². The molecule has 2 N–H and O–H groups in total. The second kappa shape index (κ2) is 11.6. The lowest BCUT2D eigenvalue weighted by molar-refractivity contribution is -0.0520. The van der Waals surface area contributed by atoms with Crippen LogP contribution in [-0.2, 0) is 11.3 Å². The molecule has 2 rings (SSSR count). The van der Waals surface area contributed by atoms with E-state index in [1.54, 1.807) is 32.2 Å². The minimum Gasteiger partial charge on any atom is -0.490 e. The van der Waals surface area contributed by atoms with Gasteiger partial charge in [-0.25, -0.2) is 0 Å². The second-order valence-electron chi connectivity index (χ2n) is 6.28. The van der Waals surface area contributed by atoms with Crippen LogP contribution < -0.4 is 20.1 Å². The van der Waals surface area contributed by atoms with E-state index in [-0.39, 0.29) is 12.3 Å². The normalized spacial score (nSPS) is 14.3. The third-order valence-electron chi connectivity index (χ3n) is 4.05. The maximum atomic E-state index is 12.8. The van der Waals surface area contributed by atoms with Crippen LogP contribution >= 0.6 is 0 Å². The van der Waals surface area contributed by atoms with Crippen molar-refractivity contribution >= 4 is 5.96 Å². The van der Waals surface area contributed by atoms with Gasteiger partial charge < -0.3 is 24.8 Å². The van der Waals surface area contributed by atoms with Gasteiger partial charge in [-0.15, -0.1) is 0 Å². The summed E-state index contributed by atoms with van der Waals surface area (Å²) < 4.78 is 41.2. The Kier molecular flexibility index (Phi) is 9.10. The zero-order valence-electron chi connectivity index (χ0n) is 16.0. The number of ether oxygens (including phenoxy) is 3. The van der Waals surface area contributed by atoms with Gasteiger partial charge in [0, 0.05) is 38.9 Å². The van der Waals surface area contributed by atoms with Gasteiger partial charge in [0.2, 0.25) is 0 Å². The molecule has 0 unspecified atom stereocenters. The first-order valence-electron chi connectivity index (χ1n) is 9.35. The van der Waals surface area contributed by atoms with Crippen molar-refractivity contribution in [1.29, 1.82) is 0 Å². The Morgan fingerprint density at radius 3 is 2.78 bits per heavy atom. The number of nitrogens with one attached hydrogen (secondary N) is 2. The molecule has 0 amide bonds. The van der Waals surface area contributed by atoms with Crippen LogP contribution in [0.25, 0.3) is 0 Å². The number of nitrogens with zero attached hydrogens (tertiary/aromatic N) is 1. The van der Waals surface area contributed by atoms with E-state index in [9.17, 15) is 8.78 Å². The summed E-state index contributed by atoms with van der Waals surface area (Å²) in [7, 11) is 1.66. The summed E-state index contributed by atoms with van der Waals surface area (Å²) >= 11 is 0. The average Bonchev–Trinajstić information content (AvgIpc) is 3.47. The molecule has 1 aliphatic rings. The first-order chi connectivity index (χ1) is 13.1. The molecule has 1 saturated carbocycles. The van der Waals surface area contributed by atoms with Crippen molar-refractivity contribution < 1.29 is 23.0 Å². The third kappa shape index (κ3) is 7.99. The summed E-state index contributed by atoms with van der Waals surface area (Å²) in [6, 6.07) is 5.07. The van der Waals surface area contributed by atoms with Crippen molar-refractivity contribution in [2.75, 3.05) is 33.4 Å². The predicted octanol–water partition coefficient (Wildman–Crippen LogP) is 3.17. The summed E-state index contributed by atoms with van der Waals surface area (Å²) in [4.78, 5) is 4.14. The summed E-state index contributed by atoms with van der Waals surface area (Å²) in [5.74, 6) is 1.70. The van der Waals surface area contributed by atoms with Crippen LogP contribution in [0.4, 0.5) is 8.78 Å². The fourth-order valence-electron chi connectivity index (χ4n) is 2.51. The number of hydrogen-bond donors (Lipinski definition) is 2. The summed E-state index contributed by atoms with van der Waals surface area (Å²) in [5.41, 5.74) is 0.567. The van der Waals surface area contributed by atoms with Crippen molar-refractivity contribution in [2.45, 2.75) is 39.3 Å². The molecule has 1 fully saturated rings. The van der Waals surface area contributed by atoms with E-state index in [2.05, 4.69) is 20.4 Å². The van der Waals surface area contributed by atoms with E-state index in [0.717, 1.165) is 18.9 Å². The molecule has 1 aliphatic carbocycles. The predicted molar refractivity (Wildman–Crippen MR) is 101 cm³/mol. The summed E-state index contributed by atoms with van der Waals surface area (Å²) in [6.07, 6.45) is 3.44. The smallest absolute Gasteiger partial charge is 0.387 e. The van der Waals surface area contributed by atoms with Crippen LogP contribution in [0.3, 0.4) is 0 Å². The third-order valence-corrected chi connectivity index (χ3v) is 4.05. The molecule has 0 heterocycles. The van der Waals surface area contributed by atoms with Gasteiger partial charge in [0.15, 0.2) is 17.5 Å². The van der Waals surface area contributed by atoms with Gasteiger partial charge in [-0.05, 0) is 38.2 Å². The number of benzene rings is 1. The lowest BCUT2D eigenvalue weighted by Crippen LogP contribution is -2.37. The molecule has 0 spiro atoms. The number of hydrogen-bond acceptors (Lipinski definition) is 4. The Bertz CT molecular complexity index is 596. The van der Waals surface area contributed by atoms with Crippen LogP contribution in [-0.4, -0.2) is 46.0 Å². The standard InChI is InChI=1S/C19H29F2N3O3/c1-3-26-16-7-4-6-15(17(16)27-18(20)21)12-24-19(22-2)23-10-5-11-25-13-14-8-9-14/h4,6-7,14,18H,3,5,8-13H2,1-2H3,(H2,22,23,24). The number of guanidine groups is 1. The van der Waals surface area contributed by atoms with E-state index < -0.39 is 6.61 Å². The molecular formula is C19H29F2N3O3. The summed E-state index contributed by atoms with van der Waals surface area (Å²) in [5, 5.41) is 6.29. The quantitative estimate of drug-likeness (QED) is 0.329. The molecule has 0 bridgehead atoms. The first-order valence-corrected chi connectivity index (χ1v) is 9.35. The molecule has 1 aromatic carbocycles. The Hall–Kier alpha value is -2.09. The molecular weight excluding hydrogens is 356 g/mol. The Labute approximate surface area is 159 Å². The molecule has 1 aromatic rings. The number of halogens is 2. The minimum atomic E-state index is -2.92. The fraction of sp³-hybridized carbons (Fsp3) is 0.632. The van der Waals surface area contributed by atoms with Crippen LogP contribution in [0.2, 0.25) is 0 Å². The van der Waals surface area contributed by atoms with Crippen LogP contribution in [0, 0.1) is 5.92 Å². The van der Waals surface area contributed by atoms with Gasteiger partial charge in [0.05, 0.1) is 6.61 Å². The van der Waals surface area contributed by atoms with Crippen molar-refractivity contribution in [3.8, 4) is 11.5 Å². The second-order valence-corrected chi connectivity index (χ2v) is 6.28. The molecule has 0 saturated heterocycles. The number of alkyl halides is 2. The Morgan fingerprint density at radius 1 is 1.30 bits per heavy atom. The highest BCUT2D eigenvalue weighted by Crippen LogP contribution is 2.32. The lowest BCUT2D eigenvalue weighted by atomic mass is 10.2. The van der Waals surface area contributed by atoms with E-state index in [1.807, 2.05) is 0 Å². The summed E-state index contributed by atoms with van der Waals surface area (Å²) in [6.45, 7) is 1.79. The van der Waals surface area contributed by atoms with Gasteiger partial charge in [-0.3, -0.25) is 4.99 Å².